The minimum atomic E-state index is -0.124. The van der Waals surface area contributed by atoms with Gasteiger partial charge in [0.2, 0.25) is 5.91 Å². The third-order valence-electron chi connectivity index (χ3n) is 3.93. The third kappa shape index (κ3) is 3.41. The van der Waals surface area contributed by atoms with Gasteiger partial charge < -0.3 is 9.88 Å². The number of benzene rings is 2. The van der Waals surface area contributed by atoms with Crippen LogP contribution in [0.1, 0.15) is 12.5 Å². The summed E-state index contributed by atoms with van der Waals surface area (Å²) in [6.07, 6.45) is 2.51. The minimum Gasteiger partial charge on any atom is -0.338 e. The Kier molecular flexibility index (Phi) is 4.81. The van der Waals surface area contributed by atoms with Crippen molar-refractivity contribution in [3.05, 3.63) is 75.0 Å². The first-order chi connectivity index (χ1) is 11.6. The minimum absolute atomic E-state index is 0.0505. The van der Waals surface area contributed by atoms with Crippen molar-refractivity contribution >= 4 is 38.4 Å². The van der Waals surface area contributed by atoms with E-state index in [9.17, 15) is 9.59 Å². The highest BCUT2D eigenvalue weighted by Gasteiger charge is 2.09. The molecule has 24 heavy (non-hydrogen) atoms. The molecular formula is C19H17BrN2O2. The zero-order valence-electron chi connectivity index (χ0n) is 13.3. The lowest BCUT2D eigenvalue weighted by molar-refractivity contribution is -0.116. The summed E-state index contributed by atoms with van der Waals surface area (Å²) in [6, 6.07) is 14.7. The normalized spacial score (nSPS) is 10.8. The molecule has 4 nitrogen and oxygen atoms in total. The zero-order valence-corrected chi connectivity index (χ0v) is 14.8. The van der Waals surface area contributed by atoms with Gasteiger partial charge in [-0.2, -0.15) is 0 Å². The van der Waals surface area contributed by atoms with Crippen LogP contribution in [0.2, 0.25) is 0 Å². The van der Waals surface area contributed by atoms with E-state index in [1.54, 1.807) is 16.8 Å². The Hall–Kier alpha value is -2.40. The third-order valence-corrected chi connectivity index (χ3v) is 4.42. The highest BCUT2D eigenvalue weighted by Crippen LogP contribution is 2.18. The van der Waals surface area contributed by atoms with Gasteiger partial charge >= 0.3 is 0 Å². The number of aryl methyl sites for hydroxylation is 1. The van der Waals surface area contributed by atoms with E-state index in [1.165, 1.54) is 6.07 Å². The smallest absolute Gasteiger partial charge is 0.244 e. The van der Waals surface area contributed by atoms with Crippen LogP contribution in [-0.2, 0) is 17.8 Å². The Morgan fingerprint density at radius 2 is 1.96 bits per heavy atom. The number of nitrogens with zero attached hydrogens (tertiary/aromatic N) is 1. The Balaban J connectivity index is 1.90. The standard InChI is InChI=1S/C19H17BrN2O2/c1-2-13-5-3-4-6-16(13)21-19(24)12-22-10-9-18(23)15-8-7-14(20)11-17(15)22/h3-11H,2,12H2,1H3,(H,21,24). The van der Waals surface area contributed by atoms with Crippen LogP contribution in [0.25, 0.3) is 10.9 Å². The molecule has 0 fully saturated rings. The lowest BCUT2D eigenvalue weighted by Crippen LogP contribution is -2.21. The van der Waals surface area contributed by atoms with Crippen LogP contribution in [0, 0.1) is 0 Å². The van der Waals surface area contributed by atoms with Crippen LogP contribution >= 0.6 is 15.9 Å². The van der Waals surface area contributed by atoms with Gasteiger partial charge in [-0.1, -0.05) is 41.1 Å². The van der Waals surface area contributed by atoms with E-state index in [2.05, 4.69) is 28.2 Å². The maximum atomic E-state index is 12.4. The van der Waals surface area contributed by atoms with Gasteiger partial charge in [-0.15, -0.1) is 0 Å². The van der Waals surface area contributed by atoms with Gasteiger partial charge in [0.05, 0.1) is 5.52 Å². The zero-order chi connectivity index (χ0) is 17.1. The Morgan fingerprint density at radius 1 is 1.17 bits per heavy atom. The van der Waals surface area contributed by atoms with E-state index in [4.69, 9.17) is 0 Å². The molecule has 0 spiro atoms. The molecule has 5 heteroatoms. The number of fused-ring (bicyclic) bond motifs is 1. The average molecular weight is 385 g/mol. The number of aromatic nitrogens is 1. The summed E-state index contributed by atoms with van der Waals surface area (Å²) in [4.78, 5) is 24.4. The van der Waals surface area contributed by atoms with Crippen LogP contribution in [0.4, 0.5) is 5.69 Å². The van der Waals surface area contributed by atoms with Crippen LogP contribution in [0.3, 0.4) is 0 Å². The van der Waals surface area contributed by atoms with Crippen molar-refractivity contribution in [1.82, 2.24) is 4.57 Å². The molecule has 0 aliphatic rings. The molecule has 0 aliphatic carbocycles. The van der Waals surface area contributed by atoms with Crippen molar-refractivity contribution in [2.24, 2.45) is 0 Å². The predicted molar refractivity (Wildman–Crippen MR) is 100 cm³/mol. The summed E-state index contributed by atoms with van der Waals surface area (Å²) in [5.74, 6) is -0.124. The van der Waals surface area contributed by atoms with Gasteiger partial charge in [0.15, 0.2) is 5.43 Å². The SMILES string of the molecule is CCc1ccccc1NC(=O)Cn1ccc(=O)c2ccc(Br)cc21. The topological polar surface area (TPSA) is 51.1 Å². The summed E-state index contributed by atoms with van der Waals surface area (Å²) < 4.78 is 2.65. The molecule has 0 saturated heterocycles. The maximum absolute atomic E-state index is 12.4. The monoisotopic (exact) mass is 384 g/mol. The Morgan fingerprint density at radius 3 is 2.75 bits per heavy atom. The molecule has 0 unspecified atom stereocenters. The fraction of sp³-hybridized carbons (Fsp3) is 0.158. The number of carbonyl (C=O) groups is 1. The summed E-state index contributed by atoms with van der Waals surface area (Å²) in [6.45, 7) is 2.20. The average Bonchev–Trinajstić information content (AvgIpc) is 2.58. The molecular weight excluding hydrogens is 368 g/mol. The van der Waals surface area contributed by atoms with Crippen LogP contribution in [0.15, 0.2) is 64.0 Å². The number of hydrogen-bond donors (Lipinski definition) is 1. The first kappa shape index (κ1) is 16.5. The molecule has 2 aromatic carbocycles. The molecule has 0 aliphatic heterocycles. The lowest BCUT2D eigenvalue weighted by atomic mass is 10.1. The van der Waals surface area contributed by atoms with Gasteiger partial charge in [0.1, 0.15) is 6.54 Å². The van der Waals surface area contributed by atoms with Crippen molar-refractivity contribution in [3.63, 3.8) is 0 Å². The van der Waals surface area contributed by atoms with E-state index >= 15 is 0 Å². The van der Waals surface area contributed by atoms with Crippen molar-refractivity contribution in [2.45, 2.75) is 19.9 Å². The molecule has 1 N–H and O–H groups in total. The molecule has 1 heterocycles. The highest BCUT2D eigenvalue weighted by molar-refractivity contribution is 9.10. The van der Waals surface area contributed by atoms with Gasteiger partial charge in [0, 0.05) is 27.8 Å². The lowest BCUT2D eigenvalue weighted by Gasteiger charge is -2.13. The number of pyridine rings is 1. The molecule has 0 saturated carbocycles. The van der Waals surface area contributed by atoms with E-state index in [1.807, 2.05) is 36.4 Å². The molecule has 0 radical (unpaired) electrons. The second kappa shape index (κ2) is 7.01. The second-order valence-corrected chi connectivity index (χ2v) is 6.44. The molecule has 1 aromatic heterocycles. The summed E-state index contributed by atoms with van der Waals surface area (Å²) in [5, 5.41) is 3.55. The fourth-order valence-corrected chi connectivity index (χ4v) is 3.06. The number of carbonyl (C=O) groups excluding carboxylic acids is 1. The Labute approximate surface area is 148 Å². The number of hydrogen-bond acceptors (Lipinski definition) is 2. The van der Waals surface area contributed by atoms with Crippen molar-refractivity contribution in [2.75, 3.05) is 5.32 Å². The molecule has 122 valence electrons. The Bertz CT molecular complexity index is 963. The molecule has 3 aromatic rings. The number of anilines is 1. The molecule has 3 rings (SSSR count). The van der Waals surface area contributed by atoms with Gasteiger partial charge in [-0.25, -0.2) is 0 Å². The molecule has 0 bridgehead atoms. The largest absolute Gasteiger partial charge is 0.338 e. The predicted octanol–water partition coefficient (Wildman–Crippen LogP) is 3.97. The number of halogens is 1. The maximum Gasteiger partial charge on any atom is 0.244 e. The van der Waals surface area contributed by atoms with Crippen LogP contribution in [-0.4, -0.2) is 10.5 Å². The van der Waals surface area contributed by atoms with E-state index < -0.39 is 0 Å². The van der Waals surface area contributed by atoms with Crippen LogP contribution in [0.5, 0.6) is 0 Å². The van der Waals surface area contributed by atoms with Crippen LogP contribution < -0.4 is 10.7 Å². The van der Waals surface area contributed by atoms with Crippen molar-refractivity contribution in [1.29, 1.82) is 0 Å². The van der Waals surface area contributed by atoms with E-state index in [0.717, 1.165) is 27.7 Å². The number of rotatable bonds is 4. The van der Waals surface area contributed by atoms with Crippen molar-refractivity contribution < 1.29 is 4.79 Å². The van der Waals surface area contributed by atoms with E-state index in [0.29, 0.717) is 5.39 Å². The highest BCUT2D eigenvalue weighted by atomic mass is 79.9. The first-order valence-electron chi connectivity index (χ1n) is 7.75. The van der Waals surface area contributed by atoms with Gasteiger partial charge in [-0.3, -0.25) is 9.59 Å². The molecule has 1 amide bonds. The van der Waals surface area contributed by atoms with Crippen molar-refractivity contribution in [3.8, 4) is 0 Å². The quantitative estimate of drug-likeness (QED) is 0.739. The van der Waals surface area contributed by atoms with E-state index in [-0.39, 0.29) is 17.9 Å². The first-order valence-corrected chi connectivity index (χ1v) is 8.54. The summed E-state index contributed by atoms with van der Waals surface area (Å²) in [7, 11) is 0. The fourth-order valence-electron chi connectivity index (χ4n) is 2.71. The molecule has 0 atom stereocenters. The number of para-hydroxylation sites is 1. The van der Waals surface area contributed by atoms with Gasteiger partial charge in [-0.05, 0) is 36.2 Å². The summed E-state index contributed by atoms with van der Waals surface area (Å²) >= 11 is 3.41. The van der Waals surface area contributed by atoms with Gasteiger partial charge in [0.25, 0.3) is 0 Å². The number of nitrogens with one attached hydrogen (secondary N) is 1. The summed E-state index contributed by atoms with van der Waals surface area (Å²) in [5.41, 5.74) is 2.61. The number of amides is 1. The second-order valence-electron chi connectivity index (χ2n) is 5.53.